The van der Waals surface area contributed by atoms with Gasteiger partial charge in [-0.2, -0.15) is 0 Å². The van der Waals surface area contributed by atoms with Crippen molar-refractivity contribution in [1.29, 1.82) is 0 Å². The highest BCUT2D eigenvalue weighted by Crippen LogP contribution is 2.20. The summed E-state index contributed by atoms with van der Waals surface area (Å²) in [4.78, 5) is 11.0. The predicted molar refractivity (Wildman–Crippen MR) is 60.8 cm³/mol. The van der Waals surface area contributed by atoms with Crippen molar-refractivity contribution in [2.24, 2.45) is 0 Å². The Bertz CT molecular complexity index is 502. The van der Waals surface area contributed by atoms with E-state index in [0.29, 0.717) is 0 Å². The summed E-state index contributed by atoms with van der Waals surface area (Å²) in [5.41, 5.74) is 1.07. The molecule has 3 rings (SSSR count). The van der Waals surface area contributed by atoms with Gasteiger partial charge in [-0.1, -0.05) is 0 Å². The van der Waals surface area contributed by atoms with Crippen molar-refractivity contribution >= 4 is 11.3 Å². The zero-order valence-corrected chi connectivity index (χ0v) is 9.26. The van der Waals surface area contributed by atoms with E-state index in [-0.39, 0.29) is 0 Å². The molecule has 5 nitrogen and oxygen atoms in total. The van der Waals surface area contributed by atoms with E-state index in [4.69, 9.17) is 4.74 Å². The molecule has 0 aliphatic carbocycles. The highest BCUT2D eigenvalue weighted by Gasteiger charge is 2.15. The summed E-state index contributed by atoms with van der Waals surface area (Å²) in [6.07, 6.45) is 5.65. The Morgan fingerprint density at radius 2 is 2.06 bits per heavy atom. The van der Waals surface area contributed by atoms with Gasteiger partial charge in [0, 0.05) is 25.5 Å². The van der Waals surface area contributed by atoms with E-state index < -0.39 is 0 Å². The zero-order valence-electron chi connectivity index (χ0n) is 9.26. The van der Waals surface area contributed by atoms with E-state index in [2.05, 4.69) is 19.3 Å². The molecular formula is C11H14N4O. The van der Waals surface area contributed by atoms with Crippen molar-refractivity contribution in [3.8, 4) is 0 Å². The van der Waals surface area contributed by atoms with E-state index in [1.165, 1.54) is 0 Å². The highest BCUT2D eigenvalue weighted by molar-refractivity contribution is 5.68. The predicted octanol–water partition coefficient (Wildman–Crippen LogP) is 0.874. The van der Waals surface area contributed by atoms with Gasteiger partial charge in [0.05, 0.1) is 19.4 Å². The van der Waals surface area contributed by atoms with Gasteiger partial charge in [-0.3, -0.25) is 4.40 Å². The number of morpholine rings is 1. The van der Waals surface area contributed by atoms with Crippen LogP contribution >= 0.6 is 0 Å². The number of rotatable bonds is 1. The second-order valence-corrected chi connectivity index (χ2v) is 3.91. The first-order valence-corrected chi connectivity index (χ1v) is 5.47. The van der Waals surface area contributed by atoms with Crippen LogP contribution in [0.15, 0.2) is 18.6 Å². The summed E-state index contributed by atoms with van der Waals surface area (Å²) in [5, 5.41) is 0. The van der Waals surface area contributed by atoms with E-state index in [9.17, 15) is 0 Å². The molecule has 0 spiro atoms. The van der Waals surface area contributed by atoms with Gasteiger partial charge in [0.2, 0.25) is 0 Å². The van der Waals surface area contributed by atoms with Crippen LogP contribution in [-0.2, 0) is 4.74 Å². The fourth-order valence-electron chi connectivity index (χ4n) is 2.06. The molecule has 0 aromatic carbocycles. The first-order chi connectivity index (χ1) is 7.86. The van der Waals surface area contributed by atoms with Gasteiger partial charge in [0.1, 0.15) is 11.3 Å². The molecular weight excluding hydrogens is 204 g/mol. The van der Waals surface area contributed by atoms with Crippen molar-refractivity contribution in [1.82, 2.24) is 14.4 Å². The molecule has 5 heteroatoms. The molecule has 84 valence electrons. The minimum atomic E-state index is 0.774. The van der Waals surface area contributed by atoms with Crippen molar-refractivity contribution in [3.05, 3.63) is 24.4 Å². The highest BCUT2D eigenvalue weighted by atomic mass is 16.5. The summed E-state index contributed by atoms with van der Waals surface area (Å²) >= 11 is 0. The Kier molecular flexibility index (Phi) is 2.25. The van der Waals surface area contributed by atoms with Crippen molar-refractivity contribution in [2.45, 2.75) is 6.92 Å². The topological polar surface area (TPSA) is 42.7 Å². The number of anilines is 1. The second kappa shape index (κ2) is 3.75. The van der Waals surface area contributed by atoms with Crippen LogP contribution in [0, 0.1) is 6.92 Å². The maximum atomic E-state index is 5.35. The molecule has 3 heterocycles. The van der Waals surface area contributed by atoms with Crippen LogP contribution in [0.5, 0.6) is 0 Å². The second-order valence-electron chi connectivity index (χ2n) is 3.91. The van der Waals surface area contributed by atoms with Crippen LogP contribution in [0.2, 0.25) is 0 Å². The molecule has 0 bridgehead atoms. The van der Waals surface area contributed by atoms with Crippen molar-refractivity contribution < 1.29 is 4.74 Å². The monoisotopic (exact) mass is 218 g/mol. The summed E-state index contributed by atoms with van der Waals surface area (Å²) < 4.78 is 7.41. The summed E-state index contributed by atoms with van der Waals surface area (Å²) in [7, 11) is 0. The number of ether oxygens (including phenoxy) is 1. The molecule has 0 radical (unpaired) electrons. The normalized spacial score (nSPS) is 16.9. The van der Waals surface area contributed by atoms with Gasteiger partial charge in [-0.05, 0) is 6.92 Å². The van der Waals surface area contributed by atoms with Crippen molar-refractivity contribution in [2.75, 3.05) is 31.2 Å². The third kappa shape index (κ3) is 1.44. The van der Waals surface area contributed by atoms with Crippen LogP contribution in [0.4, 0.5) is 5.82 Å². The first kappa shape index (κ1) is 9.59. The number of fused-ring (bicyclic) bond motifs is 1. The van der Waals surface area contributed by atoms with Gasteiger partial charge in [-0.15, -0.1) is 0 Å². The number of aromatic nitrogens is 3. The fraction of sp³-hybridized carbons (Fsp3) is 0.455. The smallest absolute Gasteiger partial charge is 0.154 e. The molecule has 1 saturated heterocycles. The van der Waals surface area contributed by atoms with E-state index in [0.717, 1.165) is 43.5 Å². The lowest BCUT2D eigenvalue weighted by Gasteiger charge is -2.28. The van der Waals surface area contributed by atoms with Crippen molar-refractivity contribution in [3.63, 3.8) is 0 Å². The molecule has 0 N–H and O–H groups in total. The maximum absolute atomic E-state index is 5.35. The largest absolute Gasteiger partial charge is 0.378 e. The minimum Gasteiger partial charge on any atom is -0.378 e. The molecule has 2 aromatic rings. The van der Waals surface area contributed by atoms with Gasteiger partial charge in [-0.25, -0.2) is 9.97 Å². The Labute approximate surface area is 93.7 Å². The fourth-order valence-corrected chi connectivity index (χ4v) is 2.06. The molecule has 0 atom stereocenters. The molecule has 0 amide bonds. The maximum Gasteiger partial charge on any atom is 0.154 e. The van der Waals surface area contributed by atoms with E-state index >= 15 is 0 Å². The first-order valence-electron chi connectivity index (χ1n) is 5.47. The van der Waals surface area contributed by atoms with Crippen LogP contribution in [-0.4, -0.2) is 40.7 Å². The Balaban J connectivity index is 2.08. The quantitative estimate of drug-likeness (QED) is 0.712. The van der Waals surface area contributed by atoms with Crippen LogP contribution in [0.3, 0.4) is 0 Å². The molecule has 0 unspecified atom stereocenters. The summed E-state index contributed by atoms with van der Waals surface area (Å²) in [5.74, 6) is 2.00. The third-order valence-electron chi connectivity index (χ3n) is 2.93. The standard InChI is InChI=1S/C11H14N4O/c1-9-13-8-10-11(12-2-3-15(9)10)14-4-6-16-7-5-14/h2-3,8H,4-7H2,1H3. The van der Waals surface area contributed by atoms with Gasteiger partial charge in [0.15, 0.2) is 5.82 Å². The van der Waals surface area contributed by atoms with Crippen LogP contribution < -0.4 is 4.90 Å². The number of nitrogens with zero attached hydrogens (tertiary/aromatic N) is 4. The Hall–Kier alpha value is -1.62. The number of aryl methyl sites for hydroxylation is 1. The molecule has 1 aliphatic heterocycles. The Morgan fingerprint density at radius 1 is 1.25 bits per heavy atom. The number of imidazole rings is 1. The minimum absolute atomic E-state index is 0.774. The van der Waals surface area contributed by atoms with Gasteiger partial charge < -0.3 is 9.64 Å². The molecule has 2 aromatic heterocycles. The van der Waals surface area contributed by atoms with Gasteiger partial charge in [0.25, 0.3) is 0 Å². The lowest BCUT2D eigenvalue weighted by atomic mass is 10.4. The van der Waals surface area contributed by atoms with E-state index in [1.54, 1.807) is 0 Å². The van der Waals surface area contributed by atoms with E-state index in [1.807, 2.05) is 25.5 Å². The lowest BCUT2D eigenvalue weighted by molar-refractivity contribution is 0.122. The third-order valence-corrected chi connectivity index (χ3v) is 2.93. The summed E-state index contributed by atoms with van der Waals surface area (Å²) in [6.45, 7) is 5.34. The van der Waals surface area contributed by atoms with Crippen LogP contribution in [0.25, 0.3) is 5.52 Å². The van der Waals surface area contributed by atoms with Crippen LogP contribution in [0.1, 0.15) is 5.82 Å². The molecule has 1 aliphatic rings. The molecule has 1 fully saturated rings. The summed E-state index contributed by atoms with van der Waals surface area (Å²) in [6, 6.07) is 0. The average Bonchev–Trinajstić information content (AvgIpc) is 2.73. The molecule has 16 heavy (non-hydrogen) atoms. The Morgan fingerprint density at radius 3 is 2.88 bits per heavy atom. The average molecular weight is 218 g/mol. The number of hydrogen-bond acceptors (Lipinski definition) is 4. The van der Waals surface area contributed by atoms with Gasteiger partial charge >= 0.3 is 0 Å². The number of hydrogen-bond donors (Lipinski definition) is 0. The SMILES string of the molecule is Cc1ncc2c(N3CCOCC3)nccn12. The lowest BCUT2D eigenvalue weighted by Crippen LogP contribution is -2.37. The molecule has 0 saturated carbocycles. The zero-order chi connectivity index (χ0) is 11.0.